The van der Waals surface area contributed by atoms with Gasteiger partial charge in [-0.25, -0.2) is 4.98 Å². The van der Waals surface area contributed by atoms with Crippen molar-refractivity contribution in [3.05, 3.63) is 59.8 Å². The first-order chi connectivity index (χ1) is 20.8. The number of anilines is 3. The number of ether oxygens (including phenoxy) is 4. The molecule has 1 amide bonds. The molecular weight excluding hydrogens is 550 g/mol. The molecule has 1 aromatic heterocycles. The summed E-state index contributed by atoms with van der Waals surface area (Å²) in [4.78, 5) is 36.4. The van der Waals surface area contributed by atoms with Gasteiger partial charge in [0.25, 0.3) is 0 Å². The van der Waals surface area contributed by atoms with Gasteiger partial charge >= 0.3 is 5.97 Å². The molecular formula is C32H41N5O6. The maximum atomic E-state index is 13.2. The Morgan fingerprint density at radius 3 is 2.49 bits per heavy atom. The Hall–Kier alpha value is -4.54. The van der Waals surface area contributed by atoms with Crippen LogP contribution in [0.4, 0.5) is 17.5 Å². The predicted octanol–water partition coefficient (Wildman–Crippen LogP) is 4.52. The molecule has 1 aliphatic heterocycles. The summed E-state index contributed by atoms with van der Waals surface area (Å²) in [5.41, 5.74) is 2.71. The van der Waals surface area contributed by atoms with Crippen LogP contribution in [0.2, 0.25) is 0 Å². The number of methoxy groups -OCH3 is 3. The van der Waals surface area contributed by atoms with Gasteiger partial charge in [0.1, 0.15) is 5.82 Å². The maximum absolute atomic E-state index is 13.2. The molecule has 0 spiro atoms. The van der Waals surface area contributed by atoms with Crippen LogP contribution in [0, 0.1) is 11.8 Å². The number of piperidine rings is 1. The van der Waals surface area contributed by atoms with E-state index in [1.807, 2.05) is 37.3 Å². The Labute approximate surface area is 252 Å². The zero-order valence-electron chi connectivity index (χ0n) is 25.5. The number of nitrogens with zero attached hydrogens (tertiary/aromatic N) is 3. The van der Waals surface area contributed by atoms with Crippen molar-refractivity contribution in [3.63, 3.8) is 0 Å². The molecule has 11 nitrogen and oxygen atoms in total. The lowest BCUT2D eigenvalue weighted by molar-refractivity contribution is -0.147. The molecule has 1 saturated heterocycles. The van der Waals surface area contributed by atoms with E-state index in [0.29, 0.717) is 55.0 Å². The number of carbonyl (C=O) groups is 2. The van der Waals surface area contributed by atoms with Crippen molar-refractivity contribution in [1.29, 1.82) is 0 Å². The zero-order chi connectivity index (χ0) is 30.8. The van der Waals surface area contributed by atoms with E-state index in [1.54, 1.807) is 46.6 Å². The van der Waals surface area contributed by atoms with Crippen molar-refractivity contribution in [2.45, 2.75) is 39.7 Å². The van der Waals surface area contributed by atoms with Crippen LogP contribution < -0.4 is 29.7 Å². The van der Waals surface area contributed by atoms with Crippen molar-refractivity contribution >= 4 is 29.3 Å². The molecule has 2 aromatic carbocycles. The highest BCUT2D eigenvalue weighted by Gasteiger charge is 2.27. The Bertz CT molecular complexity index is 1380. The Balaban J connectivity index is 1.36. The fourth-order valence-corrected chi connectivity index (χ4v) is 5.19. The molecule has 0 saturated carbocycles. The van der Waals surface area contributed by atoms with Gasteiger partial charge in [-0.1, -0.05) is 31.2 Å². The SMILES string of the molecule is CCOC(=O)C(C)Cc1cccc(CNC(=O)[C@H]2CCCN(c3ccnc(Nc4cc(OC)c(OC)c(OC)c4)n3)C2)c1. The minimum absolute atomic E-state index is 0.0137. The Morgan fingerprint density at radius 2 is 1.79 bits per heavy atom. The first-order valence-corrected chi connectivity index (χ1v) is 14.5. The van der Waals surface area contributed by atoms with E-state index >= 15 is 0 Å². The van der Waals surface area contributed by atoms with Crippen LogP contribution >= 0.6 is 0 Å². The van der Waals surface area contributed by atoms with Crippen LogP contribution in [0.25, 0.3) is 0 Å². The molecule has 0 radical (unpaired) electrons. The van der Waals surface area contributed by atoms with Crippen molar-refractivity contribution in [2.24, 2.45) is 11.8 Å². The molecule has 1 unspecified atom stereocenters. The van der Waals surface area contributed by atoms with Gasteiger partial charge in [0.2, 0.25) is 17.6 Å². The number of aromatic nitrogens is 2. The second-order valence-corrected chi connectivity index (χ2v) is 10.5. The van der Waals surface area contributed by atoms with Gasteiger partial charge in [0.15, 0.2) is 11.5 Å². The van der Waals surface area contributed by atoms with Crippen LogP contribution in [0.1, 0.15) is 37.8 Å². The summed E-state index contributed by atoms with van der Waals surface area (Å²) in [6.45, 7) is 5.83. The average molecular weight is 592 g/mol. The summed E-state index contributed by atoms with van der Waals surface area (Å²) in [6.07, 6.45) is 3.97. The number of esters is 1. The molecule has 2 N–H and O–H groups in total. The summed E-state index contributed by atoms with van der Waals surface area (Å²) in [7, 11) is 4.68. The second-order valence-electron chi connectivity index (χ2n) is 10.5. The molecule has 4 rings (SSSR count). The van der Waals surface area contributed by atoms with E-state index in [0.717, 1.165) is 36.3 Å². The molecule has 2 heterocycles. The van der Waals surface area contributed by atoms with Gasteiger partial charge in [-0.3, -0.25) is 9.59 Å². The van der Waals surface area contributed by atoms with E-state index in [-0.39, 0.29) is 23.7 Å². The molecule has 1 fully saturated rings. The fourth-order valence-electron chi connectivity index (χ4n) is 5.19. The molecule has 0 bridgehead atoms. The Kier molecular flexibility index (Phi) is 11.0. The number of benzene rings is 2. The average Bonchev–Trinajstić information content (AvgIpc) is 3.03. The highest BCUT2D eigenvalue weighted by atomic mass is 16.5. The van der Waals surface area contributed by atoms with E-state index in [2.05, 4.69) is 20.5 Å². The fraction of sp³-hybridized carbons (Fsp3) is 0.438. The number of rotatable bonds is 13. The van der Waals surface area contributed by atoms with E-state index in [4.69, 9.17) is 23.9 Å². The van der Waals surface area contributed by atoms with Crippen LogP contribution in [-0.4, -0.2) is 62.9 Å². The van der Waals surface area contributed by atoms with Gasteiger partial charge in [0.05, 0.1) is 39.8 Å². The summed E-state index contributed by atoms with van der Waals surface area (Å²) in [6, 6.07) is 13.4. The Morgan fingerprint density at radius 1 is 1.05 bits per heavy atom. The van der Waals surface area contributed by atoms with Crippen LogP contribution in [0.15, 0.2) is 48.7 Å². The second kappa shape index (κ2) is 15.1. The van der Waals surface area contributed by atoms with Gasteiger partial charge in [-0.15, -0.1) is 0 Å². The smallest absolute Gasteiger partial charge is 0.308 e. The van der Waals surface area contributed by atoms with Crippen molar-refractivity contribution in [3.8, 4) is 17.2 Å². The van der Waals surface area contributed by atoms with Gasteiger partial charge in [-0.2, -0.15) is 4.98 Å². The van der Waals surface area contributed by atoms with Crippen LogP contribution in [0.3, 0.4) is 0 Å². The number of amides is 1. The maximum Gasteiger partial charge on any atom is 0.308 e. The van der Waals surface area contributed by atoms with Gasteiger partial charge in [0, 0.05) is 43.7 Å². The monoisotopic (exact) mass is 591 g/mol. The van der Waals surface area contributed by atoms with E-state index in [9.17, 15) is 9.59 Å². The third-order valence-electron chi connectivity index (χ3n) is 7.37. The lowest BCUT2D eigenvalue weighted by atomic mass is 9.96. The van der Waals surface area contributed by atoms with Crippen molar-refractivity contribution in [2.75, 3.05) is 51.2 Å². The predicted molar refractivity (Wildman–Crippen MR) is 164 cm³/mol. The lowest BCUT2D eigenvalue weighted by Crippen LogP contribution is -2.43. The molecule has 3 aromatic rings. The molecule has 43 heavy (non-hydrogen) atoms. The third-order valence-corrected chi connectivity index (χ3v) is 7.37. The van der Waals surface area contributed by atoms with Gasteiger partial charge < -0.3 is 34.5 Å². The number of carbonyl (C=O) groups excluding carboxylic acids is 2. The topological polar surface area (TPSA) is 124 Å². The number of nitrogens with one attached hydrogen (secondary N) is 2. The lowest BCUT2D eigenvalue weighted by Gasteiger charge is -2.33. The first kappa shape index (κ1) is 31.4. The number of hydrogen-bond acceptors (Lipinski definition) is 10. The molecule has 0 aliphatic carbocycles. The zero-order valence-corrected chi connectivity index (χ0v) is 25.5. The summed E-state index contributed by atoms with van der Waals surface area (Å²) < 4.78 is 21.4. The van der Waals surface area contributed by atoms with Crippen LogP contribution in [-0.2, 0) is 27.3 Å². The van der Waals surface area contributed by atoms with E-state index in [1.165, 1.54) is 0 Å². The molecule has 1 aliphatic rings. The molecule has 230 valence electrons. The summed E-state index contributed by atoms with van der Waals surface area (Å²) in [5, 5.41) is 6.32. The first-order valence-electron chi connectivity index (χ1n) is 14.5. The van der Waals surface area contributed by atoms with Crippen molar-refractivity contribution in [1.82, 2.24) is 15.3 Å². The normalized spacial score (nSPS) is 15.3. The quantitative estimate of drug-likeness (QED) is 0.274. The minimum atomic E-state index is -0.225. The molecule has 2 atom stereocenters. The van der Waals surface area contributed by atoms with E-state index < -0.39 is 0 Å². The summed E-state index contributed by atoms with van der Waals surface area (Å²) >= 11 is 0. The standard InChI is InChI=1S/C32H41N5O6/c1-6-43-31(39)21(2)15-22-9-7-10-23(16-22)19-34-30(38)24-11-8-14-37(20-24)28-12-13-33-32(36-28)35-25-17-26(40-3)29(42-5)27(18-25)41-4/h7,9-10,12-13,16-18,21,24H,6,8,11,14-15,19-20H2,1-5H3,(H,34,38)(H,33,35,36)/t21?,24-/m0/s1. The summed E-state index contributed by atoms with van der Waals surface area (Å²) in [5.74, 6) is 2.11. The van der Waals surface area contributed by atoms with Gasteiger partial charge in [-0.05, 0) is 43.4 Å². The minimum Gasteiger partial charge on any atom is -0.493 e. The van der Waals surface area contributed by atoms with Crippen molar-refractivity contribution < 1.29 is 28.5 Å². The number of hydrogen-bond donors (Lipinski definition) is 2. The highest BCUT2D eigenvalue weighted by Crippen LogP contribution is 2.40. The third kappa shape index (κ3) is 8.27. The largest absolute Gasteiger partial charge is 0.493 e. The highest BCUT2D eigenvalue weighted by molar-refractivity contribution is 5.79. The molecule has 11 heteroatoms. The van der Waals surface area contributed by atoms with Crippen LogP contribution in [0.5, 0.6) is 17.2 Å².